The lowest BCUT2D eigenvalue weighted by Crippen LogP contribution is -2.35. The maximum absolute atomic E-state index is 12.1. The molecule has 0 bridgehead atoms. The van der Waals surface area contributed by atoms with Crippen LogP contribution in [0.5, 0.6) is 0 Å². The first kappa shape index (κ1) is 15.8. The molecule has 0 fully saturated rings. The first-order valence-electron chi connectivity index (χ1n) is 7.05. The van der Waals surface area contributed by atoms with E-state index in [1.807, 2.05) is 26.0 Å². The Labute approximate surface area is 129 Å². The molecule has 0 aliphatic carbocycles. The van der Waals surface area contributed by atoms with Crippen LogP contribution in [0.1, 0.15) is 34.2 Å². The van der Waals surface area contributed by atoms with E-state index in [0.29, 0.717) is 11.3 Å². The lowest BCUT2D eigenvalue weighted by Gasteiger charge is -2.14. The SMILES string of the molecule is Cc1ccc(C)c(C(=O)O[C@@H](C)C(=O)NCc2ccco2)c1. The van der Waals surface area contributed by atoms with Gasteiger partial charge in [-0.25, -0.2) is 4.79 Å². The summed E-state index contributed by atoms with van der Waals surface area (Å²) in [5.41, 5.74) is 2.26. The third kappa shape index (κ3) is 3.97. The predicted molar refractivity (Wildman–Crippen MR) is 81.3 cm³/mol. The molecule has 0 saturated heterocycles. The van der Waals surface area contributed by atoms with E-state index in [4.69, 9.17) is 9.15 Å². The van der Waals surface area contributed by atoms with Crippen molar-refractivity contribution in [2.45, 2.75) is 33.4 Å². The summed E-state index contributed by atoms with van der Waals surface area (Å²) in [6, 6.07) is 9.03. The molecule has 2 aromatic rings. The second-order valence-electron chi connectivity index (χ2n) is 5.16. The largest absolute Gasteiger partial charge is 0.467 e. The summed E-state index contributed by atoms with van der Waals surface area (Å²) >= 11 is 0. The molecule has 1 aromatic heterocycles. The number of rotatable bonds is 5. The molecule has 1 N–H and O–H groups in total. The number of nitrogens with one attached hydrogen (secondary N) is 1. The van der Waals surface area contributed by atoms with Crippen LogP contribution in [0, 0.1) is 13.8 Å². The standard InChI is InChI=1S/C17H19NO4/c1-11-6-7-12(2)15(9-11)17(20)22-13(3)16(19)18-10-14-5-4-8-21-14/h4-9,13H,10H2,1-3H3,(H,18,19)/t13-/m0/s1. The Kier molecular flexibility index (Phi) is 4.99. The quantitative estimate of drug-likeness (QED) is 0.862. The summed E-state index contributed by atoms with van der Waals surface area (Å²) in [6.07, 6.45) is 0.660. The van der Waals surface area contributed by atoms with Gasteiger partial charge in [-0.2, -0.15) is 0 Å². The maximum Gasteiger partial charge on any atom is 0.339 e. The highest BCUT2D eigenvalue weighted by Crippen LogP contribution is 2.13. The third-order valence-electron chi connectivity index (χ3n) is 3.28. The second-order valence-corrected chi connectivity index (χ2v) is 5.16. The van der Waals surface area contributed by atoms with Gasteiger partial charge < -0.3 is 14.5 Å². The number of ether oxygens (including phenoxy) is 1. The van der Waals surface area contributed by atoms with Crippen molar-refractivity contribution in [3.05, 3.63) is 59.0 Å². The molecule has 1 heterocycles. The Morgan fingerprint density at radius 3 is 2.73 bits per heavy atom. The number of benzene rings is 1. The molecular weight excluding hydrogens is 282 g/mol. The zero-order valence-electron chi connectivity index (χ0n) is 12.9. The highest BCUT2D eigenvalue weighted by atomic mass is 16.5. The van der Waals surface area contributed by atoms with Crippen molar-refractivity contribution < 1.29 is 18.7 Å². The zero-order valence-corrected chi connectivity index (χ0v) is 12.9. The van der Waals surface area contributed by atoms with Crippen LogP contribution in [0.25, 0.3) is 0 Å². The molecule has 1 aromatic carbocycles. The van der Waals surface area contributed by atoms with E-state index in [1.165, 1.54) is 6.26 Å². The summed E-state index contributed by atoms with van der Waals surface area (Å²) < 4.78 is 10.3. The minimum absolute atomic E-state index is 0.261. The summed E-state index contributed by atoms with van der Waals surface area (Å²) in [5.74, 6) is -0.224. The molecule has 0 radical (unpaired) electrons. The molecule has 5 nitrogen and oxygen atoms in total. The number of furan rings is 1. The lowest BCUT2D eigenvalue weighted by atomic mass is 10.1. The molecule has 5 heteroatoms. The van der Waals surface area contributed by atoms with Crippen molar-refractivity contribution in [1.29, 1.82) is 0 Å². The molecule has 0 saturated carbocycles. The van der Waals surface area contributed by atoms with Crippen LogP contribution in [-0.2, 0) is 16.1 Å². The van der Waals surface area contributed by atoms with Crippen LogP contribution in [-0.4, -0.2) is 18.0 Å². The second kappa shape index (κ2) is 6.93. The average molecular weight is 301 g/mol. The average Bonchev–Trinajstić information content (AvgIpc) is 3.00. The number of hydrogen-bond acceptors (Lipinski definition) is 4. The molecule has 116 valence electrons. The third-order valence-corrected chi connectivity index (χ3v) is 3.28. The lowest BCUT2D eigenvalue weighted by molar-refractivity contribution is -0.129. The fraction of sp³-hybridized carbons (Fsp3) is 0.294. The van der Waals surface area contributed by atoms with Crippen LogP contribution in [0.2, 0.25) is 0 Å². The molecular formula is C17H19NO4. The highest BCUT2D eigenvalue weighted by molar-refractivity contribution is 5.93. The first-order valence-corrected chi connectivity index (χ1v) is 7.05. The Hall–Kier alpha value is -2.56. The number of amides is 1. The van der Waals surface area contributed by atoms with Crippen molar-refractivity contribution in [3.8, 4) is 0 Å². The molecule has 22 heavy (non-hydrogen) atoms. The van der Waals surface area contributed by atoms with Gasteiger partial charge in [0.15, 0.2) is 6.10 Å². The van der Waals surface area contributed by atoms with Gasteiger partial charge in [-0.05, 0) is 44.5 Å². The van der Waals surface area contributed by atoms with Gasteiger partial charge in [0.05, 0.1) is 18.4 Å². The smallest absolute Gasteiger partial charge is 0.339 e. The van der Waals surface area contributed by atoms with Gasteiger partial charge in [0, 0.05) is 0 Å². The summed E-state index contributed by atoms with van der Waals surface area (Å²) in [6.45, 7) is 5.53. The van der Waals surface area contributed by atoms with Crippen molar-refractivity contribution in [1.82, 2.24) is 5.32 Å². The molecule has 0 spiro atoms. The van der Waals surface area contributed by atoms with E-state index in [9.17, 15) is 9.59 Å². The number of hydrogen-bond donors (Lipinski definition) is 1. The summed E-state index contributed by atoms with van der Waals surface area (Å²) in [5, 5.41) is 2.66. The highest BCUT2D eigenvalue weighted by Gasteiger charge is 2.20. The monoisotopic (exact) mass is 301 g/mol. The van der Waals surface area contributed by atoms with E-state index >= 15 is 0 Å². The number of carbonyl (C=O) groups excluding carboxylic acids is 2. The minimum Gasteiger partial charge on any atom is -0.467 e. The Morgan fingerprint density at radius 1 is 1.27 bits per heavy atom. The fourth-order valence-electron chi connectivity index (χ4n) is 1.96. The Balaban J connectivity index is 1.92. The van der Waals surface area contributed by atoms with E-state index < -0.39 is 12.1 Å². The molecule has 0 aliphatic rings. The maximum atomic E-state index is 12.1. The number of carbonyl (C=O) groups is 2. The van der Waals surface area contributed by atoms with Gasteiger partial charge in [0.1, 0.15) is 5.76 Å². The van der Waals surface area contributed by atoms with E-state index in [0.717, 1.165) is 11.1 Å². The first-order chi connectivity index (χ1) is 10.5. The Bertz CT molecular complexity index is 661. The van der Waals surface area contributed by atoms with E-state index in [1.54, 1.807) is 25.1 Å². The van der Waals surface area contributed by atoms with Gasteiger partial charge in [0.2, 0.25) is 0 Å². The zero-order chi connectivity index (χ0) is 16.1. The van der Waals surface area contributed by atoms with E-state index in [-0.39, 0.29) is 12.5 Å². The molecule has 2 rings (SSSR count). The van der Waals surface area contributed by atoms with Crippen LogP contribution in [0.3, 0.4) is 0 Å². The van der Waals surface area contributed by atoms with E-state index in [2.05, 4.69) is 5.32 Å². The molecule has 1 atom stereocenters. The van der Waals surface area contributed by atoms with Gasteiger partial charge in [-0.3, -0.25) is 4.79 Å². The van der Waals surface area contributed by atoms with Crippen molar-refractivity contribution in [2.75, 3.05) is 0 Å². The van der Waals surface area contributed by atoms with Gasteiger partial charge in [0.25, 0.3) is 5.91 Å². The Morgan fingerprint density at radius 2 is 2.05 bits per heavy atom. The number of aryl methyl sites for hydroxylation is 2. The predicted octanol–water partition coefficient (Wildman–Crippen LogP) is 2.76. The minimum atomic E-state index is -0.873. The van der Waals surface area contributed by atoms with Gasteiger partial charge in [-0.1, -0.05) is 17.7 Å². The summed E-state index contributed by atoms with van der Waals surface area (Å²) in [7, 11) is 0. The summed E-state index contributed by atoms with van der Waals surface area (Å²) in [4.78, 5) is 24.1. The molecule has 0 aliphatic heterocycles. The van der Waals surface area contributed by atoms with Crippen LogP contribution in [0.15, 0.2) is 41.0 Å². The topological polar surface area (TPSA) is 68.5 Å². The van der Waals surface area contributed by atoms with Crippen molar-refractivity contribution in [2.24, 2.45) is 0 Å². The van der Waals surface area contributed by atoms with Crippen LogP contribution in [0.4, 0.5) is 0 Å². The van der Waals surface area contributed by atoms with Crippen molar-refractivity contribution in [3.63, 3.8) is 0 Å². The molecule has 0 unspecified atom stereocenters. The fourth-order valence-corrected chi connectivity index (χ4v) is 1.96. The van der Waals surface area contributed by atoms with Crippen LogP contribution >= 0.6 is 0 Å². The van der Waals surface area contributed by atoms with Crippen LogP contribution < -0.4 is 5.32 Å². The molecule has 1 amide bonds. The normalized spacial score (nSPS) is 11.8. The van der Waals surface area contributed by atoms with Gasteiger partial charge >= 0.3 is 5.97 Å². The van der Waals surface area contributed by atoms with Crippen molar-refractivity contribution >= 4 is 11.9 Å². The number of esters is 1. The van der Waals surface area contributed by atoms with Gasteiger partial charge in [-0.15, -0.1) is 0 Å².